The van der Waals surface area contributed by atoms with Crippen molar-refractivity contribution in [3.63, 3.8) is 0 Å². The number of cyclic esters (lactones) is 1. The van der Waals surface area contributed by atoms with Gasteiger partial charge in [-0.1, -0.05) is 6.92 Å². The molecule has 7 aliphatic rings. The summed E-state index contributed by atoms with van der Waals surface area (Å²) in [5.41, 5.74) is -1.45. The topological polar surface area (TPSA) is 222 Å². The highest BCUT2D eigenvalue weighted by molar-refractivity contribution is 5.91. The number of hydrogen-bond donors (Lipinski definition) is 7. The van der Waals surface area contributed by atoms with Crippen LogP contribution in [0.25, 0.3) is 0 Å². The molecule has 6 fully saturated rings. The number of carbonyl (C=O) groups is 2. The van der Waals surface area contributed by atoms with Gasteiger partial charge in [-0.25, -0.2) is 4.79 Å². The molecule has 4 aliphatic carbocycles. The summed E-state index contributed by atoms with van der Waals surface area (Å²) in [5, 5.41) is 75.1. The Morgan fingerprint density at radius 3 is 2.35 bits per heavy atom. The van der Waals surface area contributed by atoms with E-state index in [2.05, 4.69) is 6.92 Å². The Morgan fingerprint density at radius 1 is 0.898 bits per heavy atom. The molecule has 0 aromatic rings. The lowest BCUT2D eigenvalue weighted by Crippen LogP contribution is -2.65. The molecular formula is C35H52O14. The van der Waals surface area contributed by atoms with Crippen molar-refractivity contribution in [2.75, 3.05) is 13.2 Å². The molecule has 0 amide bonds. The van der Waals surface area contributed by atoms with Gasteiger partial charge in [0.05, 0.1) is 24.4 Å². The van der Waals surface area contributed by atoms with Gasteiger partial charge in [0.25, 0.3) is 0 Å². The van der Waals surface area contributed by atoms with Crippen LogP contribution < -0.4 is 0 Å². The van der Waals surface area contributed by atoms with E-state index < -0.39 is 90.6 Å². The zero-order valence-corrected chi connectivity index (χ0v) is 28.1. The molecule has 3 aliphatic heterocycles. The zero-order chi connectivity index (χ0) is 35.0. The molecule has 3 heterocycles. The number of rotatable bonds is 7. The molecule has 0 radical (unpaired) electrons. The predicted molar refractivity (Wildman–Crippen MR) is 166 cm³/mol. The van der Waals surface area contributed by atoms with Crippen LogP contribution in [-0.4, -0.2) is 134 Å². The molecule has 18 atom stereocenters. The third-order valence-electron chi connectivity index (χ3n) is 14.0. The van der Waals surface area contributed by atoms with Crippen LogP contribution in [0, 0.1) is 34.5 Å². The molecule has 276 valence electrons. The first-order valence-electron chi connectivity index (χ1n) is 18.0. The summed E-state index contributed by atoms with van der Waals surface area (Å²) in [5.74, 6) is -0.470. The van der Waals surface area contributed by atoms with Gasteiger partial charge in [-0.3, -0.25) is 0 Å². The van der Waals surface area contributed by atoms with Gasteiger partial charge >= 0.3 is 5.97 Å². The number of aliphatic hydroxyl groups excluding tert-OH is 6. The zero-order valence-electron chi connectivity index (χ0n) is 28.1. The maximum absolute atomic E-state index is 13.1. The second kappa shape index (κ2) is 13.1. The molecule has 0 aromatic heterocycles. The van der Waals surface area contributed by atoms with Crippen molar-refractivity contribution in [3.8, 4) is 0 Å². The van der Waals surface area contributed by atoms with E-state index in [1.165, 1.54) is 6.92 Å². The summed E-state index contributed by atoms with van der Waals surface area (Å²) >= 11 is 0. The highest BCUT2D eigenvalue weighted by Gasteiger charge is 2.69. The lowest BCUT2D eigenvalue weighted by molar-refractivity contribution is -0.356. The number of fused-ring (bicyclic) bond motifs is 5. The first-order valence-corrected chi connectivity index (χ1v) is 18.0. The van der Waals surface area contributed by atoms with Crippen molar-refractivity contribution >= 4 is 12.3 Å². The number of ether oxygens (including phenoxy) is 5. The van der Waals surface area contributed by atoms with Gasteiger partial charge < -0.3 is 64.2 Å². The summed E-state index contributed by atoms with van der Waals surface area (Å²) in [6.45, 7) is 3.32. The molecule has 0 spiro atoms. The minimum atomic E-state index is -1.66. The van der Waals surface area contributed by atoms with Crippen LogP contribution in [0.3, 0.4) is 0 Å². The first-order chi connectivity index (χ1) is 23.3. The molecule has 49 heavy (non-hydrogen) atoms. The van der Waals surface area contributed by atoms with Crippen molar-refractivity contribution in [2.45, 2.75) is 145 Å². The van der Waals surface area contributed by atoms with Gasteiger partial charge in [0.1, 0.15) is 55.6 Å². The molecule has 0 aromatic carbocycles. The summed E-state index contributed by atoms with van der Waals surface area (Å²) in [4.78, 5) is 25.7. The van der Waals surface area contributed by atoms with Crippen LogP contribution in [0.2, 0.25) is 0 Å². The van der Waals surface area contributed by atoms with Crippen LogP contribution >= 0.6 is 0 Å². The van der Waals surface area contributed by atoms with E-state index in [-0.39, 0.29) is 36.2 Å². The second-order valence-electron chi connectivity index (χ2n) is 16.0. The molecule has 14 heteroatoms. The second-order valence-corrected chi connectivity index (χ2v) is 16.0. The number of aldehydes is 1. The van der Waals surface area contributed by atoms with E-state index in [9.17, 15) is 45.3 Å². The molecule has 2 saturated heterocycles. The molecule has 7 N–H and O–H groups in total. The fraction of sp³-hybridized carbons (Fsp3) is 0.886. The fourth-order valence-electron chi connectivity index (χ4n) is 11.3. The maximum atomic E-state index is 13.1. The van der Waals surface area contributed by atoms with Gasteiger partial charge in [-0.05, 0) is 94.5 Å². The van der Waals surface area contributed by atoms with Crippen LogP contribution in [0.4, 0.5) is 0 Å². The normalized spacial score (nSPS) is 54.3. The largest absolute Gasteiger partial charge is 0.458 e. The van der Waals surface area contributed by atoms with Crippen molar-refractivity contribution in [2.24, 2.45) is 34.5 Å². The SMILES string of the molecule is CC1OC(O)C(O)C(O)C1OC1OC(CO)C(OC2CCC3(C=O)C(CCC4C3CCC3(C)C(C5=CCOC5=O)CCC43O)C2)C(O)C1O. The fourth-order valence-corrected chi connectivity index (χ4v) is 11.3. The number of aliphatic hydroxyl groups is 7. The number of carbonyl (C=O) groups excluding carboxylic acids is 2. The molecule has 14 nitrogen and oxygen atoms in total. The third-order valence-corrected chi connectivity index (χ3v) is 14.0. The quantitative estimate of drug-likeness (QED) is 0.131. The van der Waals surface area contributed by atoms with E-state index >= 15 is 0 Å². The number of hydrogen-bond acceptors (Lipinski definition) is 14. The van der Waals surface area contributed by atoms with E-state index in [0.717, 1.165) is 19.1 Å². The Balaban J connectivity index is 1.02. The van der Waals surface area contributed by atoms with Crippen LogP contribution in [0.15, 0.2) is 11.6 Å². The average Bonchev–Trinajstić information content (AvgIpc) is 3.63. The monoisotopic (exact) mass is 696 g/mol. The third kappa shape index (κ3) is 5.47. The highest BCUT2D eigenvalue weighted by Crippen LogP contribution is 2.69. The van der Waals surface area contributed by atoms with Gasteiger partial charge in [0.15, 0.2) is 12.6 Å². The van der Waals surface area contributed by atoms with Crippen LogP contribution in [-0.2, 0) is 33.3 Å². The molecule has 0 bridgehead atoms. The molecule has 7 rings (SSSR count). The summed E-state index contributed by atoms with van der Waals surface area (Å²) in [7, 11) is 0. The highest BCUT2D eigenvalue weighted by atomic mass is 16.7. The summed E-state index contributed by atoms with van der Waals surface area (Å²) in [6, 6.07) is 0. The predicted octanol–water partition coefficient (Wildman–Crippen LogP) is -0.541. The van der Waals surface area contributed by atoms with Crippen molar-refractivity contribution in [1.29, 1.82) is 0 Å². The maximum Gasteiger partial charge on any atom is 0.334 e. The van der Waals surface area contributed by atoms with Crippen molar-refractivity contribution in [3.05, 3.63) is 11.6 Å². The average molecular weight is 697 g/mol. The minimum absolute atomic E-state index is 0.0132. The standard InChI is InChI=1S/C35H52O14/c1-16-28(24(38)26(40)31(43)46-16)49-32-27(41)25(39)29(23(14-36)48-32)47-18-5-10-34(15-37)17(13-18)3-4-22-21(34)6-9-33(2)20(7-11-35(22,33)44)19-8-12-45-30(19)42/h8,15-18,20-29,31-32,36,38-41,43-44H,3-7,9-14H2,1-2H3. The Kier molecular flexibility index (Phi) is 9.60. The Hall–Kier alpha value is -1.56. The van der Waals surface area contributed by atoms with Gasteiger partial charge in [-0.15, -0.1) is 0 Å². The Bertz CT molecular complexity index is 1290. The van der Waals surface area contributed by atoms with Crippen LogP contribution in [0.1, 0.15) is 71.6 Å². The Labute approximate surface area is 285 Å². The van der Waals surface area contributed by atoms with E-state index in [1.54, 1.807) is 0 Å². The van der Waals surface area contributed by atoms with Gasteiger partial charge in [0, 0.05) is 16.4 Å². The van der Waals surface area contributed by atoms with Gasteiger partial charge in [0.2, 0.25) is 0 Å². The van der Waals surface area contributed by atoms with Crippen molar-refractivity contribution in [1.82, 2.24) is 0 Å². The Morgan fingerprint density at radius 2 is 1.65 bits per heavy atom. The van der Waals surface area contributed by atoms with Crippen molar-refractivity contribution < 1.29 is 69.0 Å². The number of esters is 1. The summed E-state index contributed by atoms with van der Waals surface area (Å²) in [6.07, 6.45) is -5.51. The van der Waals surface area contributed by atoms with E-state index in [0.29, 0.717) is 50.5 Å². The first kappa shape index (κ1) is 35.8. The van der Waals surface area contributed by atoms with Gasteiger partial charge in [-0.2, -0.15) is 0 Å². The molecular weight excluding hydrogens is 644 g/mol. The molecule has 18 unspecified atom stereocenters. The lowest BCUT2D eigenvalue weighted by Gasteiger charge is -2.63. The summed E-state index contributed by atoms with van der Waals surface area (Å²) < 4.78 is 28.4. The lowest BCUT2D eigenvalue weighted by atomic mass is 9.43. The smallest absolute Gasteiger partial charge is 0.334 e. The van der Waals surface area contributed by atoms with E-state index in [1.807, 2.05) is 6.08 Å². The molecule has 4 saturated carbocycles. The van der Waals surface area contributed by atoms with Crippen LogP contribution in [0.5, 0.6) is 0 Å². The minimum Gasteiger partial charge on any atom is -0.458 e. The van der Waals surface area contributed by atoms with E-state index in [4.69, 9.17) is 23.7 Å².